The number of aromatic hydroxyl groups is 1. The van der Waals surface area contributed by atoms with Crippen LogP contribution in [0.5, 0.6) is 5.75 Å². The molecule has 0 atom stereocenters. The largest absolute Gasteiger partial charge is 0.502 e. The highest BCUT2D eigenvalue weighted by atomic mass is 16.6. The molecule has 8 nitrogen and oxygen atoms in total. The Labute approximate surface area is 138 Å². The van der Waals surface area contributed by atoms with E-state index in [1.54, 1.807) is 0 Å². The highest BCUT2D eigenvalue weighted by Crippen LogP contribution is 2.25. The number of nitrogens with one attached hydrogen (secondary N) is 2. The number of anilines is 1. The summed E-state index contributed by atoms with van der Waals surface area (Å²) in [5.74, 6) is -0.786. The second kappa shape index (κ2) is 7.73. The minimum atomic E-state index is -0.697. The van der Waals surface area contributed by atoms with Crippen LogP contribution in [0, 0.1) is 17.0 Å². The predicted octanol–water partition coefficient (Wildman–Crippen LogP) is 2.17. The number of para-hydroxylation sites is 1. The molecule has 0 radical (unpaired) electrons. The van der Waals surface area contributed by atoms with Crippen LogP contribution in [0.4, 0.5) is 11.4 Å². The van der Waals surface area contributed by atoms with E-state index in [1.165, 1.54) is 18.3 Å². The SMILES string of the molecule is Cc1ccccc1NCC(=O)NN=Cc1ccc(O)c([N+](=O)[O-])c1. The summed E-state index contributed by atoms with van der Waals surface area (Å²) in [5.41, 5.74) is 4.15. The molecule has 2 rings (SSSR count). The molecular formula is C16H16N4O4. The highest BCUT2D eigenvalue weighted by Gasteiger charge is 2.12. The van der Waals surface area contributed by atoms with Crippen LogP contribution >= 0.6 is 0 Å². The van der Waals surface area contributed by atoms with Gasteiger partial charge in [0.25, 0.3) is 5.91 Å². The number of rotatable bonds is 6. The summed E-state index contributed by atoms with van der Waals surface area (Å²) in [4.78, 5) is 21.7. The van der Waals surface area contributed by atoms with Crippen LogP contribution in [-0.2, 0) is 4.79 Å². The quantitative estimate of drug-likeness (QED) is 0.427. The molecular weight excluding hydrogens is 312 g/mol. The Balaban J connectivity index is 1.90. The lowest BCUT2D eigenvalue weighted by molar-refractivity contribution is -0.385. The smallest absolute Gasteiger partial charge is 0.311 e. The number of aryl methyl sites for hydroxylation is 1. The molecule has 0 bridgehead atoms. The average molecular weight is 328 g/mol. The molecule has 0 spiro atoms. The van der Waals surface area contributed by atoms with Gasteiger partial charge in [0.2, 0.25) is 0 Å². The second-order valence-corrected chi connectivity index (χ2v) is 4.97. The van der Waals surface area contributed by atoms with Gasteiger partial charge in [-0.2, -0.15) is 5.10 Å². The number of hydrogen-bond donors (Lipinski definition) is 3. The zero-order valence-electron chi connectivity index (χ0n) is 12.9. The Morgan fingerprint density at radius 1 is 1.33 bits per heavy atom. The van der Waals surface area contributed by atoms with Crippen LogP contribution in [0.25, 0.3) is 0 Å². The van der Waals surface area contributed by atoms with E-state index < -0.39 is 16.4 Å². The van der Waals surface area contributed by atoms with Gasteiger partial charge in [-0.05, 0) is 30.7 Å². The van der Waals surface area contributed by atoms with Gasteiger partial charge >= 0.3 is 5.69 Å². The maximum absolute atomic E-state index is 11.7. The van der Waals surface area contributed by atoms with E-state index in [1.807, 2.05) is 31.2 Å². The van der Waals surface area contributed by atoms with E-state index in [0.29, 0.717) is 5.56 Å². The molecule has 8 heteroatoms. The van der Waals surface area contributed by atoms with Crippen LogP contribution in [-0.4, -0.2) is 28.7 Å². The molecule has 0 saturated carbocycles. The summed E-state index contributed by atoms with van der Waals surface area (Å²) in [7, 11) is 0. The minimum absolute atomic E-state index is 0.0396. The van der Waals surface area contributed by atoms with Crippen molar-refractivity contribution >= 4 is 23.5 Å². The fraction of sp³-hybridized carbons (Fsp3) is 0.125. The van der Waals surface area contributed by atoms with Gasteiger partial charge in [-0.1, -0.05) is 18.2 Å². The first-order valence-electron chi connectivity index (χ1n) is 7.06. The zero-order chi connectivity index (χ0) is 17.5. The number of nitro groups is 1. The molecule has 0 aromatic heterocycles. The molecule has 3 N–H and O–H groups in total. The Morgan fingerprint density at radius 2 is 2.08 bits per heavy atom. The number of benzene rings is 2. The molecule has 0 heterocycles. The third-order valence-corrected chi connectivity index (χ3v) is 3.18. The van der Waals surface area contributed by atoms with Gasteiger partial charge in [-0.3, -0.25) is 14.9 Å². The van der Waals surface area contributed by atoms with E-state index in [4.69, 9.17) is 0 Å². The lowest BCUT2D eigenvalue weighted by atomic mass is 10.2. The van der Waals surface area contributed by atoms with Crippen molar-refractivity contribution in [2.45, 2.75) is 6.92 Å². The summed E-state index contributed by atoms with van der Waals surface area (Å²) in [5, 5.41) is 26.8. The number of nitro benzene ring substituents is 1. The van der Waals surface area contributed by atoms with Gasteiger partial charge in [0.15, 0.2) is 5.75 Å². The third-order valence-electron chi connectivity index (χ3n) is 3.18. The van der Waals surface area contributed by atoms with E-state index in [0.717, 1.165) is 17.3 Å². The van der Waals surface area contributed by atoms with Crippen molar-refractivity contribution in [1.29, 1.82) is 0 Å². The van der Waals surface area contributed by atoms with Crippen molar-refractivity contribution < 1.29 is 14.8 Å². The van der Waals surface area contributed by atoms with E-state index in [2.05, 4.69) is 15.8 Å². The van der Waals surface area contributed by atoms with Crippen LogP contribution in [0.1, 0.15) is 11.1 Å². The lowest BCUT2D eigenvalue weighted by Gasteiger charge is -2.07. The van der Waals surface area contributed by atoms with Crippen LogP contribution in [0.2, 0.25) is 0 Å². The summed E-state index contributed by atoms with van der Waals surface area (Å²) >= 11 is 0. The van der Waals surface area contributed by atoms with Gasteiger partial charge < -0.3 is 10.4 Å². The lowest BCUT2D eigenvalue weighted by Crippen LogP contribution is -2.26. The number of hydrazone groups is 1. The first-order chi connectivity index (χ1) is 11.5. The topological polar surface area (TPSA) is 117 Å². The molecule has 24 heavy (non-hydrogen) atoms. The Kier molecular flexibility index (Phi) is 5.45. The summed E-state index contributed by atoms with van der Waals surface area (Å²) in [6, 6.07) is 11.4. The molecule has 0 aliphatic heterocycles. The summed E-state index contributed by atoms with van der Waals surface area (Å²) < 4.78 is 0. The molecule has 2 aromatic rings. The van der Waals surface area contributed by atoms with Gasteiger partial charge in [-0.25, -0.2) is 5.43 Å². The number of carbonyl (C=O) groups is 1. The monoisotopic (exact) mass is 328 g/mol. The van der Waals surface area contributed by atoms with E-state index in [9.17, 15) is 20.0 Å². The highest BCUT2D eigenvalue weighted by molar-refractivity contribution is 5.85. The van der Waals surface area contributed by atoms with Gasteiger partial charge in [0.05, 0.1) is 17.7 Å². The molecule has 0 aliphatic carbocycles. The fourth-order valence-corrected chi connectivity index (χ4v) is 1.93. The Morgan fingerprint density at radius 3 is 2.79 bits per heavy atom. The van der Waals surface area contributed by atoms with E-state index >= 15 is 0 Å². The van der Waals surface area contributed by atoms with Crippen molar-refractivity contribution in [1.82, 2.24) is 5.43 Å². The van der Waals surface area contributed by atoms with E-state index in [-0.39, 0.29) is 12.5 Å². The third kappa shape index (κ3) is 4.54. The number of phenols is 1. The summed E-state index contributed by atoms with van der Waals surface area (Å²) in [6.45, 7) is 1.97. The number of phenolic OH excluding ortho intramolecular Hbond substituents is 1. The van der Waals surface area contributed by atoms with Crippen LogP contribution in [0.15, 0.2) is 47.6 Å². The molecule has 124 valence electrons. The normalized spacial score (nSPS) is 10.5. The first kappa shape index (κ1) is 16.9. The molecule has 0 saturated heterocycles. The maximum Gasteiger partial charge on any atom is 0.311 e. The van der Waals surface area contributed by atoms with Crippen molar-refractivity contribution in [3.63, 3.8) is 0 Å². The second-order valence-electron chi connectivity index (χ2n) is 4.97. The molecule has 0 fully saturated rings. The molecule has 0 unspecified atom stereocenters. The number of hydrogen-bond acceptors (Lipinski definition) is 6. The predicted molar refractivity (Wildman–Crippen MR) is 90.2 cm³/mol. The van der Waals surface area contributed by atoms with Crippen molar-refractivity contribution in [3.8, 4) is 5.75 Å². The van der Waals surface area contributed by atoms with Gasteiger partial charge in [-0.15, -0.1) is 0 Å². The molecule has 1 amide bonds. The minimum Gasteiger partial charge on any atom is -0.502 e. The average Bonchev–Trinajstić information content (AvgIpc) is 2.55. The standard InChI is InChI=1S/C16H16N4O4/c1-11-4-2-3-5-13(11)17-10-16(22)19-18-9-12-6-7-15(21)14(8-12)20(23)24/h2-9,17,21H,10H2,1H3,(H,19,22). The Hall–Kier alpha value is -3.42. The zero-order valence-corrected chi connectivity index (χ0v) is 12.9. The first-order valence-corrected chi connectivity index (χ1v) is 7.06. The van der Waals surface area contributed by atoms with Crippen LogP contribution in [0.3, 0.4) is 0 Å². The van der Waals surface area contributed by atoms with Crippen molar-refractivity contribution in [3.05, 3.63) is 63.7 Å². The Bertz CT molecular complexity index is 789. The van der Waals surface area contributed by atoms with Crippen molar-refractivity contribution in [2.24, 2.45) is 5.10 Å². The number of amides is 1. The number of carbonyl (C=O) groups excluding carboxylic acids is 1. The summed E-state index contributed by atoms with van der Waals surface area (Å²) in [6.07, 6.45) is 1.26. The molecule has 0 aliphatic rings. The fourth-order valence-electron chi connectivity index (χ4n) is 1.93. The maximum atomic E-state index is 11.7. The van der Waals surface area contributed by atoms with Crippen LogP contribution < -0.4 is 10.7 Å². The van der Waals surface area contributed by atoms with Gasteiger partial charge in [0, 0.05) is 17.3 Å². The molecule has 2 aromatic carbocycles. The van der Waals surface area contributed by atoms with Gasteiger partial charge in [0.1, 0.15) is 0 Å². The van der Waals surface area contributed by atoms with Crippen molar-refractivity contribution in [2.75, 3.05) is 11.9 Å². The number of nitrogens with zero attached hydrogens (tertiary/aromatic N) is 2.